The molecule has 1 aliphatic carbocycles. The van der Waals surface area contributed by atoms with Gasteiger partial charge < -0.3 is 16.2 Å². The fourth-order valence-corrected chi connectivity index (χ4v) is 4.69. The Hall–Kier alpha value is -2.22. The molecule has 1 amide bonds. The van der Waals surface area contributed by atoms with Gasteiger partial charge in [0.1, 0.15) is 22.5 Å². The number of carboxylic acid groups (broad SMARTS) is 1. The molecule has 3 rings (SSSR count). The normalized spacial score (nSPS) is 17.9. The van der Waals surface area contributed by atoms with Crippen molar-refractivity contribution in [3.63, 3.8) is 0 Å². The van der Waals surface area contributed by atoms with Gasteiger partial charge in [-0.1, -0.05) is 6.92 Å². The Morgan fingerprint density at radius 3 is 2.88 bits per heavy atom. The fourth-order valence-electron chi connectivity index (χ4n) is 3.26. The van der Waals surface area contributed by atoms with Crippen molar-refractivity contribution in [3.05, 3.63) is 16.3 Å². The summed E-state index contributed by atoms with van der Waals surface area (Å²) in [4.78, 5) is 33.8. The number of amides is 1. The Bertz CT molecular complexity index is 833. The van der Waals surface area contributed by atoms with Gasteiger partial charge >= 0.3 is 5.97 Å². The van der Waals surface area contributed by atoms with Crippen molar-refractivity contribution >= 4 is 39.2 Å². The number of rotatable bonds is 6. The first-order valence-electron chi connectivity index (χ1n) is 8.41. The van der Waals surface area contributed by atoms with E-state index in [2.05, 4.69) is 22.2 Å². The van der Waals surface area contributed by atoms with Crippen molar-refractivity contribution in [1.29, 1.82) is 0 Å². The molecular formula is C17H22N4O3S. The quantitative estimate of drug-likeness (QED) is 0.725. The standard InChI is InChI=1S/C17H22N4O3S/c1-8-3-4-10-12(7-8)25-16-14(10)15(19-9(2)20-16)21-11(17(23)24)5-6-13(18)22/h8,11H,3-7H2,1-2H3,(H2,18,22)(H,23,24)(H,19,20,21). The number of aryl methyl sites for hydroxylation is 2. The first-order valence-corrected chi connectivity index (χ1v) is 9.23. The fraction of sp³-hybridized carbons (Fsp3) is 0.529. The van der Waals surface area contributed by atoms with Gasteiger partial charge in [0, 0.05) is 11.3 Å². The lowest BCUT2D eigenvalue weighted by molar-refractivity contribution is -0.138. The van der Waals surface area contributed by atoms with Crippen LogP contribution in [0.25, 0.3) is 10.2 Å². The van der Waals surface area contributed by atoms with E-state index in [9.17, 15) is 14.7 Å². The summed E-state index contributed by atoms with van der Waals surface area (Å²) in [5, 5.41) is 13.4. The summed E-state index contributed by atoms with van der Waals surface area (Å²) in [6, 6.07) is -0.914. The smallest absolute Gasteiger partial charge is 0.326 e. The third kappa shape index (κ3) is 3.73. The van der Waals surface area contributed by atoms with Crippen molar-refractivity contribution in [2.24, 2.45) is 11.7 Å². The Balaban J connectivity index is 1.99. The summed E-state index contributed by atoms with van der Waals surface area (Å²) >= 11 is 1.67. The lowest BCUT2D eigenvalue weighted by Gasteiger charge is -2.19. The minimum absolute atomic E-state index is 0.0104. The number of primary amides is 1. The van der Waals surface area contributed by atoms with Gasteiger partial charge in [-0.15, -0.1) is 11.3 Å². The van der Waals surface area contributed by atoms with Gasteiger partial charge in [0.2, 0.25) is 5.91 Å². The van der Waals surface area contributed by atoms with Crippen LogP contribution in [0.15, 0.2) is 0 Å². The van der Waals surface area contributed by atoms with Crippen LogP contribution >= 0.6 is 11.3 Å². The molecule has 8 heteroatoms. The number of carbonyl (C=O) groups excluding carboxylic acids is 1. The van der Waals surface area contributed by atoms with E-state index < -0.39 is 17.9 Å². The van der Waals surface area contributed by atoms with Gasteiger partial charge in [-0.25, -0.2) is 14.8 Å². The van der Waals surface area contributed by atoms with Crippen molar-refractivity contribution in [2.75, 3.05) is 5.32 Å². The number of nitrogens with one attached hydrogen (secondary N) is 1. The van der Waals surface area contributed by atoms with E-state index in [1.165, 1.54) is 10.4 Å². The van der Waals surface area contributed by atoms with Crippen molar-refractivity contribution in [3.8, 4) is 0 Å². The second kappa shape index (κ2) is 6.95. The van der Waals surface area contributed by atoms with E-state index in [0.29, 0.717) is 17.6 Å². The van der Waals surface area contributed by atoms with Crippen LogP contribution in [0.5, 0.6) is 0 Å². The van der Waals surface area contributed by atoms with Crippen molar-refractivity contribution < 1.29 is 14.7 Å². The molecule has 4 N–H and O–H groups in total. The predicted molar refractivity (Wildman–Crippen MR) is 96.8 cm³/mol. The second-order valence-corrected chi connectivity index (χ2v) is 7.78. The van der Waals surface area contributed by atoms with Gasteiger partial charge in [-0.3, -0.25) is 4.79 Å². The Labute approximate surface area is 149 Å². The summed E-state index contributed by atoms with van der Waals surface area (Å²) in [7, 11) is 0. The number of carboxylic acids is 1. The molecule has 1 aliphatic rings. The molecule has 0 spiro atoms. The van der Waals surface area contributed by atoms with E-state index in [-0.39, 0.29) is 12.8 Å². The van der Waals surface area contributed by atoms with Crippen LogP contribution < -0.4 is 11.1 Å². The largest absolute Gasteiger partial charge is 0.480 e. The van der Waals surface area contributed by atoms with Crippen LogP contribution in [0.4, 0.5) is 5.82 Å². The molecule has 0 bridgehead atoms. The average Bonchev–Trinajstić information content (AvgIpc) is 2.87. The monoisotopic (exact) mass is 362 g/mol. The van der Waals surface area contributed by atoms with E-state index >= 15 is 0 Å². The molecule has 0 radical (unpaired) electrons. The number of anilines is 1. The third-order valence-electron chi connectivity index (χ3n) is 4.56. The molecule has 0 aliphatic heterocycles. The number of carbonyl (C=O) groups is 2. The molecule has 0 saturated heterocycles. The van der Waals surface area contributed by atoms with Crippen LogP contribution in [-0.2, 0) is 22.4 Å². The molecule has 2 heterocycles. The van der Waals surface area contributed by atoms with E-state index in [0.717, 1.165) is 29.5 Å². The maximum Gasteiger partial charge on any atom is 0.326 e. The number of hydrogen-bond acceptors (Lipinski definition) is 6. The summed E-state index contributed by atoms with van der Waals surface area (Å²) in [5.74, 6) is 0.253. The van der Waals surface area contributed by atoms with E-state index in [1.54, 1.807) is 18.3 Å². The first kappa shape index (κ1) is 17.6. The molecular weight excluding hydrogens is 340 g/mol. The second-order valence-electron chi connectivity index (χ2n) is 6.69. The van der Waals surface area contributed by atoms with Gasteiger partial charge in [0.25, 0.3) is 0 Å². The molecule has 2 aromatic rings. The number of nitrogens with zero attached hydrogens (tertiary/aromatic N) is 2. The summed E-state index contributed by atoms with van der Waals surface area (Å²) in [5.41, 5.74) is 6.39. The van der Waals surface area contributed by atoms with Crippen molar-refractivity contribution in [1.82, 2.24) is 9.97 Å². The number of thiophene rings is 1. The molecule has 25 heavy (non-hydrogen) atoms. The van der Waals surface area contributed by atoms with Crippen LogP contribution in [-0.4, -0.2) is 33.0 Å². The van der Waals surface area contributed by atoms with Gasteiger partial charge in [0.15, 0.2) is 0 Å². The van der Waals surface area contributed by atoms with E-state index in [4.69, 9.17) is 5.73 Å². The number of aliphatic carboxylic acids is 1. The molecule has 0 saturated carbocycles. The maximum absolute atomic E-state index is 11.6. The maximum atomic E-state index is 11.6. The molecule has 2 aromatic heterocycles. The van der Waals surface area contributed by atoms with Gasteiger partial charge in [-0.2, -0.15) is 0 Å². The van der Waals surface area contributed by atoms with Crippen LogP contribution in [0.1, 0.15) is 42.5 Å². The molecule has 7 nitrogen and oxygen atoms in total. The predicted octanol–water partition coefficient (Wildman–Crippen LogP) is 2.26. The molecule has 2 atom stereocenters. The van der Waals surface area contributed by atoms with E-state index in [1.807, 2.05) is 0 Å². The summed E-state index contributed by atoms with van der Waals surface area (Å²) < 4.78 is 0. The minimum Gasteiger partial charge on any atom is -0.480 e. The van der Waals surface area contributed by atoms with Crippen molar-refractivity contribution in [2.45, 2.75) is 52.0 Å². The number of nitrogens with two attached hydrogens (primary N) is 1. The highest BCUT2D eigenvalue weighted by atomic mass is 32.1. The zero-order chi connectivity index (χ0) is 18.1. The first-order chi connectivity index (χ1) is 11.8. The third-order valence-corrected chi connectivity index (χ3v) is 5.70. The average molecular weight is 362 g/mol. The highest BCUT2D eigenvalue weighted by Crippen LogP contribution is 2.40. The number of aromatic nitrogens is 2. The molecule has 0 fully saturated rings. The number of fused-ring (bicyclic) bond motifs is 3. The summed E-state index contributed by atoms with van der Waals surface area (Å²) in [6.07, 6.45) is 3.22. The molecule has 134 valence electrons. The Kier molecular flexibility index (Phi) is 4.89. The van der Waals surface area contributed by atoms with Crippen LogP contribution in [0.3, 0.4) is 0 Å². The summed E-state index contributed by atoms with van der Waals surface area (Å²) in [6.45, 7) is 4.04. The number of hydrogen-bond donors (Lipinski definition) is 3. The zero-order valence-electron chi connectivity index (χ0n) is 14.3. The lowest BCUT2D eigenvalue weighted by atomic mass is 9.89. The van der Waals surface area contributed by atoms with Crippen LogP contribution in [0.2, 0.25) is 0 Å². The lowest BCUT2D eigenvalue weighted by Crippen LogP contribution is -2.31. The van der Waals surface area contributed by atoms with Crippen LogP contribution in [0, 0.1) is 12.8 Å². The SMILES string of the molecule is Cc1nc(NC(CCC(N)=O)C(=O)O)c2c3c(sc2n1)CC(C)CC3. The highest BCUT2D eigenvalue weighted by molar-refractivity contribution is 7.19. The molecule has 2 unspecified atom stereocenters. The van der Waals surface area contributed by atoms with Gasteiger partial charge in [-0.05, 0) is 44.1 Å². The Morgan fingerprint density at radius 1 is 1.44 bits per heavy atom. The zero-order valence-corrected chi connectivity index (χ0v) is 15.2. The Morgan fingerprint density at radius 2 is 2.20 bits per heavy atom. The highest BCUT2D eigenvalue weighted by Gasteiger charge is 2.26. The minimum atomic E-state index is -1.02. The molecule has 0 aromatic carbocycles. The van der Waals surface area contributed by atoms with Gasteiger partial charge in [0.05, 0.1) is 5.39 Å². The topological polar surface area (TPSA) is 118 Å².